The van der Waals surface area contributed by atoms with Gasteiger partial charge >= 0.3 is 0 Å². The molecule has 150 valence electrons. The minimum Gasteiger partial charge on any atom is -0.370 e. The van der Waals surface area contributed by atoms with Gasteiger partial charge < -0.3 is 10.6 Å². The number of benzene rings is 2. The van der Waals surface area contributed by atoms with E-state index in [1.54, 1.807) is 35.8 Å². The van der Waals surface area contributed by atoms with Crippen molar-refractivity contribution in [3.8, 4) is 0 Å². The van der Waals surface area contributed by atoms with E-state index in [1.807, 2.05) is 12.1 Å². The Bertz CT molecular complexity index is 1350. The zero-order valence-corrected chi connectivity index (χ0v) is 17.0. The maximum absolute atomic E-state index is 12.5. The number of thiazole rings is 1. The summed E-state index contributed by atoms with van der Waals surface area (Å²) in [6.07, 6.45) is 1.51. The summed E-state index contributed by atoms with van der Waals surface area (Å²) in [7, 11) is -3.76. The third-order valence-corrected chi connectivity index (χ3v) is 6.97. The Hall–Kier alpha value is -3.50. The van der Waals surface area contributed by atoms with Gasteiger partial charge in [-0.3, -0.25) is 9.52 Å². The van der Waals surface area contributed by atoms with E-state index < -0.39 is 16.1 Å². The van der Waals surface area contributed by atoms with E-state index in [9.17, 15) is 13.2 Å². The third-order valence-electron chi connectivity index (χ3n) is 4.73. The lowest BCUT2D eigenvalue weighted by molar-refractivity contribution is -0.116. The van der Waals surface area contributed by atoms with Crippen molar-refractivity contribution >= 4 is 54.7 Å². The lowest BCUT2D eigenvalue weighted by Gasteiger charge is -2.14. The van der Waals surface area contributed by atoms with Gasteiger partial charge in [0.1, 0.15) is 11.9 Å². The molecule has 0 fully saturated rings. The smallest absolute Gasteiger partial charge is 0.263 e. The van der Waals surface area contributed by atoms with Gasteiger partial charge in [-0.05, 0) is 48.5 Å². The highest BCUT2D eigenvalue weighted by Crippen LogP contribution is 2.40. The average molecular weight is 438 g/mol. The van der Waals surface area contributed by atoms with E-state index in [-0.39, 0.29) is 16.6 Å². The number of pyridine rings is 1. The van der Waals surface area contributed by atoms with Crippen molar-refractivity contribution in [2.45, 2.75) is 10.9 Å². The summed E-state index contributed by atoms with van der Waals surface area (Å²) in [5, 5.41) is 6.07. The first-order valence-corrected chi connectivity index (χ1v) is 11.3. The van der Waals surface area contributed by atoms with Crippen LogP contribution in [0, 0.1) is 0 Å². The van der Waals surface area contributed by atoms with Crippen LogP contribution in [0.15, 0.2) is 71.2 Å². The number of aromatic nitrogens is 2. The number of nitrogens with one attached hydrogen (secondary N) is 3. The fourth-order valence-electron chi connectivity index (χ4n) is 3.34. The van der Waals surface area contributed by atoms with Gasteiger partial charge in [0.05, 0.1) is 20.6 Å². The van der Waals surface area contributed by atoms with Crippen molar-refractivity contribution in [2.24, 2.45) is 0 Å². The van der Waals surface area contributed by atoms with Crippen LogP contribution in [-0.4, -0.2) is 24.3 Å². The molecule has 5 rings (SSSR count). The molecule has 1 aliphatic heterocycles. The second-order valence-corrected chi connectivity index (χ2v) is 9.18. The average Bonchev–Trinajstić information content (AvgIpc) is 3.33. The molecule has 1 unspecified atom stereocenters. The van der Waals surface area contributed by atoms with Gasteiger partial charge in [-0.25, -0.2) is 18.4 Å². The fourth-order valence-corrected chi connectivity index (χ4v) is 5.21. The van der Waals surface area contributed by atoms with Crippen LogP contribution >= 0.6 is 11.3 Å². The molecule has 0 radical (unpaired) electrons. The lowest BCUT2D eigenvalue weighted by Crippen LogP contribution is -2.20. The highest BCUT2D eigenvalue weighted by molar-refractivity contribution is 7.92. The van der Waals surface area contributed by atoms with Crippen molar-refractivity contribution in [2.75, 3.05) is 15.4 Å². The lowest BCUT2D eigenvalue weighted by atomic mass is 10.1. The first-order chi connectivity index (χ1) is 14.5. The number of sulfonamides is 1. The number of amides is 1. The zero-order chi connectivity index (χ0) is 20.7. The van der Waals surface area contributed by atoms with Crippen LogP contribution in [0.4, 0.5) is 17.2 Å². The normalized spacial score (nSPS) is 15.6. The Balaban J connectivity index is 1.40. The molecule has 30 heavy (non-hydrogen) atoms. The molecule has 0 saturated heterocycles. The Morgan fingerprint density at radius 1 is 1.00 bits per heavy atom. The summed E-state index contributed by atoms with van der Waals surface area (Å²) in [5.41, 5.74) is 4.82. The molecule has 3 heterocycles. The van der Waals surface area contributed by atoms with Crippen LogP contribution in [0.1, 0.15) is 11.6 Å². The predicted molar refractivity (Wildman–Crippen MR) is 116 cm³/mol. The maximum atomic E-state index is 12.5. The van der Waals surface area contributed by atoms with Crippen LogP contribution in [0.25, 0.3) is 10.2 Å². The summed E-state index contributed by atoms with van der Waals surface area (Å²) in [4.78, 5) is 20.9. The first kappa shape index (κ1) is 18.5. The van der Waals surface area contributed by atoms with E-state index in [0.717, 1.165) is 21.5 Å². The van der Waals surface area contributed by atoms with E-state index in [2.05, 4.69) is 25.3 Å². The van der Waals surface area contributed by atoms with Gasteiger partial charge in [-0.15, -0.1) is 11.3 Å². The highest BCUT2D eigenvalue weighted by Gasteiger charge is 2.33. The van der Waals surface area contributed by atoms with E-state index >= 15 is 0 Å². The van der Waals surface area contributed by atoms with Gasteiger partial charge in [0.25, 0.3) is 15.9 Å². The van der Waals surface area contributed by atoms with Crippen LogP contribution in [0.5, 0.6) is 0 Å². The summed E-state index contributed by atoms with van der Waals surface area (Å²) in [5.74, 6) is 0.0759. The summed E-state index contributed by atoms with van der Waals surface area (Å²) in [6.45, 7) is 0. The quantitative estimate of drug-likeness (QED) is 0.440. The Labute approximate surface area is 176 Å². The molecule has 2 aromatic heterocycles. The minimum absolute atomic E-state index is 0.0971. The first-order valence-electron chi connectivity index (χ1n) is 8.99. The van der Waals surface area contributed by atoms with E-state index in [0.29, 0.717) is 5.69 Å². The predicted octanol–water partition coefficient (Wildman–Crippen LogP) is 3.60. The SMILES string of the molecule is O=C1Nc2ccc3ncsc3c2C1Nc1ccc(S(=O)(=O)Nc2ccccn2)cc1. The molecular weight excluding hydrogens is 422 g/mol. The second-order valence-electron chi connectivity index (χ2n) is 6.64. The monoisotopic (exact) mass is 437 g/mol. The van der Waals surface area contributed by atoms with Crippen molar-refractivity contribution in [1.29, 1.82) is 0 Å². The number of fused-ring (bicyclic) bond motifs is 3. The molecule has 4 aromatic rings. The van der Waals surface area contributed by atoms with Crippen LogP contribution in [0.3, 0.4) is 0 Å². The number of hydrogen-bond donors (Lipinski definition) is 3. The molecular formula is C20H15N5O3S2. The number of anilines is 3. The Kier molecular flexibility index (Phi) is 4.37. The minimum atomic E-state index is -3.76. The molecule has 1 amide bonds. The Morgan fingerprint density at radius 3 is 2.60 bits per heavy atom. The number of rotatable bonds is 5. The largest absolute Gasteiger partial charge is 0.370 e. The molecule has 3 N–H and O–H groups in total. The number of hydrogen-bond acceptors (Lipinski definition) is 7. The molecule has 0 spiro atoms. The molecule has 0 aliphatic carbocycles. The molecule has 10 heteroatoms. The molecule has 0 saturated carbocycles. The standard InChI is InChI=1S/C20H15N5O3S2/c26-20-18(17-14(24-20)8-9-15-19(17)29-11-22-15)23-12-4-6-13(7-5-12)30(27,28)25-16-3-1-2-10-21-16/h1-11,18,23H,(H,21,25)(H,24,26). The summed E-state index contributed by atoms with van der Waals surface area (Å²) < 4.78 is 28.5. The fraction of sp³-hybridized carbons (Fsp3) is 0.0500. The molecule has 1 aliphatic rings. The van der Waals surface area contributed by atoms with Crippen molar-refractivity contribution in [1.82, 2.24) is 9.97 Å². The van der Waals surface area contributed by atoms with Gasteiger partial charge in [-0.1, -0.05) is 6.07 Å². The summed E-state index contributed by atoms with van der Waals surface area (Å²) >= 11 is 1.48. The number of carbonyl (C=O) groups is 1. The third kappa shape index (κ3) is 3.25. The van der Waals surface area contributed by atoms with Gasteiger partial charge in [0.15, 0.2) is 0 Å². The van der Waals surface area contributed by atoms with Crippen molar-refractivity contribution in [3.63, 3.8) is 0 Å². The van der Waals surface area contributed by atoms with Gasteiger partial charge in [0.2, 0.25) is 0 Å². The van der Waals surface area contributed by atoms with E-state index in [4.69, 9.17) is 0 Å². The number of carbonyl (C=O) groups excluding carboxylic acids is 1. The molecule has 1 atom stereocenters. The highest BCUT2D eigenvalue weighted by atomic mass is 32.2. The van der Waals surface area contributed by atoms with Crippen molar-refractivity contribution < 1.29 is 13.2 Å². The molecule has 0 bridgehead atoms. The summed E-state index contributed by atoms with van der Waals surface area (Å²) in [6, 6.07) is 14.3. The van der Waals surface area contributed by atoms with Gasteiger partial charge in [-0.2, -0.15) is 0 Å². The van der Waals surface area contributed by atoms with Crippen LogP contribution < -0.4 is 15.4 Å². The van der Waals surface area contributed by atoms with Crippen LogP contribution in [0.2, 0.25) is 0 Å². The maximum Gasteiger partial charge on any atom is 0.263 e. The van der Waals surface area contributed by atoms with Crippen LogP contribution in [-0.2, 0) is 14.8 Å². The van der Waals surface area contributed by atoms with E-state index in [1.165, 1.54) is 29.7 Å². The second kappa shape index (κ2) is 7.08. The van der Waals surface area contributed by atoms with Gasteiger partial charge in [0, 0.05) is 23.1 Å². The zero-order valence-electron chi connectivity index (χ0n) is 15.4. The molecule has 2 aromatic carbocycles. The topological polar surface area (TPSA) is 113 Å². The Morgan fingerprint density at radius 2 is 1.83 bits per heavy atom. The van der Waals surface area contributed by atoms with Crippen molar-refractivity contribution in [3.05, 3.63) is 71.9 Å². The molecule has 8 nitrogen and oxygen atoms in total. The number of nitrogens with zero attached hydrogens (tertiary/aromatic N) is 2.